The lowest BCUT2D eigenvalue weighted by Crippen LogP contribution is -2.64. The number of nitrogens with zero attached hydrogens (tertiary/aromatic N) is 5. The van der Waals surface area contributed by atoms with E-state index in [1.54, 1.807) is 24.7 Å². The SMILES string of the molecule is CNCCOC12CC3(C)CC(C)(CC(Cn4ncc(-c5ccc(-c6cnc7[nH]cc(C(=O)Nc8nc9ccccc9s8)c7c6)nc5C(=O)O)c4C)(C3)C1)C2. The summed E-state index contributed by atoms with van der Waals surface area (Å²) in [5, 5.41) is 22.6. The minimum Gasteiger partial charge on any atom is -0.476 e. The van der Waals surface area contributed by atoms with Gasteiger partial charge in [-0.2, -0.15) is 5.10 Å². The van der Waals surface area contributed by atoms with Crippen molar-refractivity contribution in [2.45, 2.75) is 71.4 Å². The van der Waals surface area contributed by atoms with Crippen LogP contribution in [0, 0.1) is 23.2 Å². The number of carbonyl (C=O) groups excluding carboxylic acids is 1. The molecule has 278 valence electrons. The van der Waals surface area contributed by atoms with E-state index in [4.69, 9.17) is 9.84 Å². The topological polar surface area (TPSA) is 160 Å². The first-order valence-electron chi connectivity index (χ1n) is 18.6. The Hall–Kier alpha value is -4.98. The molecule has 1 aromatic carbocycles. The zero-order valence-electron chi connectivity index (χ0n) is 31.0. The van der Waals surface area contributed by atoms with Crippen LogP contribution < -0.4 is 10.6 Å². The van der Waals surface area contributed by atoms with Crippen LogP contribution in [0.3, 0.4) is 0 Å². The van der Waals surface area contributed by atoms with Crippen molar-refractivity contribution in [3.63, 3.8) is 0 Å². The summed E-state index contributed by atoms with van der Waals surface area (Å²) in [6, 6.07) is 13.1. The van der Waals surface area contributed by atoms with E-state index in [-0.39, 0.29) is 33.4 Å². The molecule has 6 aromatic rings. The van der Waals surface area contributed by atoms with Gasteiger partial charge in [-0.05, 0) is 99.1 Å². The average Bonchev–Trinajstić information content (AvgIpc) is 3.82. The van der Waals surface area contributed by atoms with Crippen LogP contribution in [-0.4, -0.2) is 72.5 Å². The van der Waals surface area contributed by atoms with Crippen molar-refractivity contribution in [1.29, 1.82) is 0 Å². The molecule has 4 aliphatic rings. The molecule has 4 aliphatic carbocycles. The first-order chi connectivity index (χ1) is 25.9. The molecule has 5 aromatic heterocycles. The van der Waals surface area contributed by atoms with Crippen LogP contribution in [-0.2, 0) is 11.3 Å². The fourth-order valence-corrected chi connectivity index (χ4v) is 12.0. The average molecular weight is 745 g/mol. The summed E-state index contributed by atoms with van der Waals surface area (Å²) in [6.07, 6.45) is 11.8. The van der Waals surface area contributed by atoms with Crippen molar-refractivity contribution in [3.05, 3.63) is 78.0 Å². The molecule has 13 heteroatoms. The molecule has 2 atom stereocenters. The van der Waals surface area contributed by atoms with E-state index in [0.717, 1.165) is 66.7 Å². The number of benzene rings is 1. The van der Waals surface area contributed by atoms with Gasteiger partial charge in [0.1, 0.15) is 5.65 Å². The molecule has 1 amide bonds. The molecule has 0 saturated heterocycles. The molecule has 12 nitrogen and oxygen atoms in total. The maximum absolute atomic E-state index is 13.4. The van der Waals surface area contributed by atoms with Gasteiger partial charge < -0.3 is 20.1 Å². The standard InChI is InChI=1S/C41H44N8O4S/c1-24-28(16-45-49(24)23-40-18-38(2)17-39(3,19-40)21-41(20-38,22-40)53-12-11-42-4)26-9-10-30(46-33(26)36(51)52)25-13-27-29(15-44-34(27)43-14-25)35(50)48-37-47-31-7-5-6-8-32(31)54-37/h5-10,13-16,42H,11-12,17-23H2,1-4H3,(H,43,44)(H,51,52)(H,47,48,50). The summed E-state index contributed by atoms with van der Waals surface area (Å²) in [4.78, 5) is 43.0. The smallest absolute Gasteiger partial charge is 0.355 e. The van der Waals surface area contributed by atoms with Crippen LogP contribution in [0.25, 0.3) is 43.6 Å². The third-order valence-electron chi connectivity index (χ3n) is 12.0. The summed E-state index contributed by atoms with van der Waals surface area (Å²) < 4.78 is 9.81. The number of pyridine rings is 2. The maximum Gasteiger partial charge on any atom is 0.355 e. The Morgan fingerprint density at radius 2 is 1.80 bits per heavy atom. The van der Waals surface area contributed by atoms with Gasteiger partial charge in [0.15, 0.2) is 10.8 Å². The summed E-state index contributed by atoms with van der Waals surface area (Å²) in [7, 11) is 1.97. The second-order valence-corrected chi connectivity index (χ2v) is 17.8. The fraction of sp³-hybridized carbons (Fsp3) is 0.415. The Balaban J connectivity index is 0.995. The minimum atomic E-state index is -1.13. The van der Waals surface area contributed by atoms with Gasteiger partial charge in [-0.1, -0.05) is 37.3 Å². The number of amides is 1. The zero-order valence-corrected chi connectivity index (χ0v) is 31.8. The van der Waals surface area contributed by atoms with Crippen molar-refractivity contribution < 1.29 is 19.4 Å². The number of likely N-dealkylation sites (N-methyl/N-ethyl adjacent to an activating group) is 1. The summed E-state index contributed by atoms with van der Waals surface area (Å²) in [5.41, 5.74) is 5.28. The van der Waals surface area contributed by atoms with E-state index in [1.807, 2.05) is 50.4 Å². The van der Waals surface area contributed by atoms with E-state index in [1.165, 1.54) is 17.8 Å². The third kappa shape index (κ3) is 5.98. The van der Waals surface area contributed by atoms with Crippen molar-refractivity contribution in [2.75, 3.05) is 25.5 Å². The van der Waals surface area contributed by atoms with Gasteiger partial charge in [0.05, 0.1) is 39.9 Å². The Morgan fingerprint density at radius 1 is 1.00 bits per heavy atom. The lowest BCUT2D eigenvalue weighted by Gasteiger charge is -2.69. The van der Waals surface area contributed by atoms with Gasteiger partial charge >= 0.3 is 5.97 Å². The molecular weight excluding hydrogens is 701 g/mol. The van der Waals surface area contributed by atoms with Gasteiger partial charge in [-0.3, -0.25) is 14.8 Å². The first-order valence-corrected chi connectivity index (χ1v) is 19.4. The Bertz CT molecular complexity index is 2410. The number of aromatic amines is 1. The van der Waals surface area contributed by atoms with Crippen molar-refractivity contribution >= 4 is 49.6 Å². The molecule has 4 fully saturated rings. The highest BCUT2D eigenvalue weighted by Gasteiger charge is 2.66. The predicted octanol–water partition coefficient (Wildman–Crippen LogP) is 7.71. The Kier molecular flexibility index (Phi) is 8.07. The number of hydrogen-bond acceptors (Lipinski definition) is 9. The van der Waals surface area contributed by atoms with Crippen molar-refractivity contribution in [2.24, 2.45) is 16.2 Å². The summed E-state index contributed by atoms with van der Waals surface area (Å²) in [5.74, 6) is -1.46. The number of para-hydroxylation sites is 1. The highest BCUT2D eigenvalue weighted by molar-refractivity contribution is 7.22. The largest absolute Gasteiger partial charge is 0.476 e. The van der Waals surface area contributed by atoms with Gasteiger partial charge in [-0.25, -0.2) is 19.7 Å². The number of fused-ring (bicyclic) bond motifs is 2. The van der Waals surface area contributed by atoms with Gasteiger partial charge in [0.25, 0.3) is 5.91 Å². The Labute approximate surface area is 316 Å². The van der Waals surface area contributed by atoms with E-state index in [2.05, 4.69) is 49.1 Å². The highest BCUT2D eigenvalue weighted by Crippen LogP contribution is 2.72. The second-order valence-electron chi connectivity index (χ2n) is 16.8. The number of carboxylic acids is 1. The number of ether oxygens (including phenoxy) is 1. The number of thiazole rings is 1. The van der Waals surface area contributed by atoms with Crippen LogP contribution in [0.2, 0.25) is 0 Å². The van der Waals surface area contributed by atoms with Crippen LogP contribution in [0.4, 0.5) is 5.13 Å². The fourth-order valence-electron chi connectivity index (χ4n) is 11.1. The second kappa shape index (κ2) is 12.5. The number of rotatable bonds is 11. The molecule has 5 heterocycles. The number of hydrogen-bond donors (Lipinski definition) is 4. The number of nitrogens with one attached hydrogen (secondary N) is 3. The van der Waals surface area contributed by atoms with Crippen LogP contribution in [0.15, 0.2) is 61.1 Å². The quantitative estimate of drug-likeness (QED) is 0.0975. The maximum atomic E-state index is 13.4. The molecule has 0 aliphatic heterocycles. The number of aromatic nitrogens is 6. The number of anilines is 1. The summed E-state index contributed by atoms with van der Waals surface area (Å²) in [6.45, 7) is 9.24. The monoisotopic (exact) mass is 744 g/mol. The molecule has 54 heavy (non-hydrogen) atoms. The molecule has 4 N–H and O–H groups in total. The van der Waals surface area contributed by atoms with Gasteiger partial charge in [0, 0.05) is 53.3 Å². The predicted molar refractivity (Wildman–Crippen MR) is 209 cm³/mol. The normalized spacial score (nSPS) is 25.9. The summed E-state index contributed by atoms with van der Waals surface area (Å²) >= 11 is 1.40. The zero-order chi connectivity index (χ0) is 37.5. The first kappa shape index (κ1) is 34.8. The molecule has 0 spiro atoms. The third-order valence-corrected chi connectivity index (χ3v) is 12.9. The van der Waals surface area contributed by atoms with Crippen molar-refractivity contribution in [1.82, 2.24) is 35.0 Å². The van der Waals surface area contributed by atoms with E-state index >= 15 is 0 Å². The molecule has 10 rings (SSSR count). The van der Waals surface area contributed by atoms with Crippen LogP contribution in [0.1, 0.15) is 78.9 Å². The van der Waals surface area contributed by atoms with Crippen LogP contribution in [0.5, 0.6) is 0 Å². The van der Waals surface area contributed by atoms with Crippen molar-refractivity contribution in [3.8, 4) is 22.4 Å². The van der Waals surface area contributed by atoms with E-state index in [0.29, 0.717) is 45.2 Å². The Morgan fingerprint density at radius 3 is 2.56 bits per heavy atom. The number of carbonyl (C=O) groups is 2. The molecule has 0 radical (unpaired) electrons. The van der Waals surface area contributed by atoms with E-state index in [9.17, 15) is 14.7 Å². The number of aromatic carboxylic acids is 1. The number of H-pyrrole nitrogens is 1. The van der Waals surface area contributed by atoms with Crippen LogP contribution >= 0.6 is 11.3 Å². The number of carboxylic acid groups (broad SMARTS) is 1. The van der Waals surface area contributed by atoms with E-state index < -0.39 is 5.97 Å². The van der Waals surface area contributed by atoms with Gasteiger partial charge in [-0.15, -0.1) is 0 Å². The van der Waals surface area contributed by atoms with Gasteiger partial charge in [0.2, 0.25) is 0 Å². The highest BCUT2D eigenvalue weighted by atomic mass is 32.1. The minimum absolute atomic E-state index is 0.0533. The molecule has 2 unspecified atom stereocenters. The molecule has 4 bridgehead atoms. The molecule has 4 saturated carbocycles. The lowest BCUT2D eigenvalue weighted by atomic mass is 9.39. The lowest BCUT2D eigenvalue weighted by molar-refractivity contribution is -0.247. The molecular formula is C41H44N8O4S.